The van der Waals surface area contributed by atoms with Crippen molar-refractivity contribution < 1.29 is 14.3 Å². The molecule has 0 saturated carbocycles. The zero-order valence-corrected chi connectivity index (χ0v) is 13.7. The highest BCUT2D eigenvalue weighted by Gasteiger charge is 2.47. The van der Waals surface area contributed by atoms with Gasteiger partial charge in [-0.1, -0.05) is 18.2 Å². The van der Waals surface area contributed by atoms with Crippen molar-refractivity contribution in [3.05, 3.63) is 35.5 Å². The molecule has 3 aliphatic rings. The molecule has 5 heteroatoms. The van der Waals surface area contributed by atoms with Crippen LogP contribution < -0.4 is 0 Å². The molecule has 0 bridgehead atoms. The molecule has 5 nitrogen and oxygen atoms in total. The number of nitrogens with zero attached hydrogens (tertiary/aromatic N) is 1. The molecule has 0 radical (unpaired) electrons. The van der Waals surface area contributed by atoms with Gasteiger partial charge in [0.1, 0.15) is 0 Å². The number of hydrogen-bond donors (Lipinski definition) is 1. The van der Waals surface area contributed by atoms with Crippen LogP contribution in [-0.2, 0) is 26.5 Å². The summed E-state index contributed by atoms with van der Waals surface area (Å²) in [5.41, 5.74) is 3.05. The lowest BCUT2D eigenvalue weighted by atomic mass is 9.88. The van der Waals surface area contributed by atoms with Gasteiger partial charge in [0.2, 0.25) is 11.7 Å². The molecule has 1 amide bonds. The first-order valence-electron chi connectivity index (χ1n) is 8.94. The summed E-state index contributed by atoms with van der Waals surface area (Å²) in [6.45, 7) is 2.07. The van der Waals surface area contributed by atoms with Crippen LogP contribution in [0.25, 0.3) is 10.9 Å². The van der Waals surface area contributed by atoms with Crippen molar-refractivity contribution in [2.45, 2.75) is 43.9 Å². The smallest absolute Gasteiger partial charge is 0.227 e. The quantitative estimate of drug-likeness (QED) is 0.810. The van der Waals surface area contributed by atoms with Crippen LogP contribution in [-0.4, -0.2) is 41.6 Å². The minimum Gasteiger partial charge on any atom is -0.354 e. The molecule has 1 N–H and O–H groups in total. The zero-order chi connectivity index (χ0) is 16.1. The second-order valence-corrected chi connectivity index (χ2v) is 7.09. The summed E-state index contributed by atoms with van der Waals surface area (Å²) in [4.78, 5) is 18.5. The fourth-order valence-corrected chi connectivity index (χ4v) is 4.63. The van der Waals surface area contributed by atoms with E-state index in [2.05, 4.69) is 22.0 Å². The van der Waals surface area contributed by atoms with Gasteiger partial charge in [-0.05, 0) is 30.9 Å². The van der Waals surface area contributed by atoms with Gasteiger partial charge in [-0.3, -0.25) is 4.79 Å². The first-order chi connectivity index (χ1) is 11.8. The third kappa shape index (κ3) is 2.04. The second-order valence-electron chi connectivity index (χ2n) is 7.09. The Hall–Kier alpha value is -1.85. The molecule has 1 unspecified atom stereocenters. The van der Waals surface area contributed by atoms with E-state index in [4.69, 9.17) is 9.47 Å². The average Bonchev–Trinajstić information content (AvgIpc) is 3.20. The first-order valence-corrected chi connectivity index (χ1v) is 8.94. The summed E-state index contributed by atoms with van der Waals surface area (Å²) >= 11 is 0. The van der Waals surface area contributed by atoms with Crippen molar-refractivity contribution in [2.75, 3.05) is 19.8 Å². The maximum absolute atomic E-state index is 12.9. The van der Waals surface area contributed by atoms with E-state index in [0.29, 0.717) is 19.6 Å². The topological polar surface area (TPSA) is 54.6 Å². The molecule has 2 saturated heterocycles. The number of nitrogens with one attached hydrogen (secondary N) is 1. The number of aromatic nitrogens is 1. The highest BCUT2D eigenvalue weighted by atomic mass is 16.7. The van der Waals surface area contributed by atoms with E-state index in [1.54, 1.807) is 0 Å². The third-order valence-corrected chi connectivity index (χ3v) is 5.73. The van der Waals surface area contributed by atoms with E-state index < -0.39 is 5.79 Å². The standard InChI is InChI=1S/C19H22N2O3/c22-17-11-15-14-6-1-2-7-16(14)20-18(15)19(23-9-10-24-19)12-13-5-3-4-8-21(13)17/h1-2,6-7,13,20H,3-5,8-12H2. The summed E-state index contributed by atoms with van der Waals surface area (Å²) in [6, 6.07) is 8.38. The van der Waals surface area contributed by atoms with Gasteiger partial charge in [0.05, 0.1) is 25.3 Å². The molecule has 4 heterocycles. The number of fused-ring (bicyclic) bond motifs is 5. The van der Waals surface area contributed by atoms with Crippen LogP contribution in [0, 0.1) is 0 Å². The van der Waals surface area contributed by atoms with Gasteiger partial charge in [0, 0.05) is 29.9 Å². The number of aromatic amines is 1. The van der Waals surface area contributed by atoms with E-state index in [-0.39, 0.29) is 11.9 Å². The predicted molar refractivity (Wildman–Crippen MR) is 89.6 cm³/mol. The van der Waals surface area contributed by atoms with Crippen LogP contribution in [0.15, 0.2) is 24.3 Å². The molecule has 1 aromatic heterocycles. The van der Waals surface area contributed by atoms with Crippen molar-refractivity contribution in [3.63, 3.8) is 0 Å². The number of piperidine rings is 1. The van der Waals surface area contributed by atoms with Crippen LogP contribution in [0.3, 0.4) is 0 Å². The van der Waals surface area contributed by atoms with E-state index in [0.717, 1.165) is 48.0 Å². The van der Waals surface area contributed by atoms with E-state index in [9.17, 15) is 4.79 Å². The molecule has 24 heavy (non-hydrogen) atoms. The van der Waals surface area contributed by atoms with Crippen LogP contribution in [0.2, 0.25) is 0 Å². The number of hydrogen-bond acceptors (Lipinski definition) is 3. The van der Waals surface area contributed by atoms with Crippen molar-refractivity contribution in [3.8, 4) is 0 Å². The normalized spacial score (nSPS) is 26.2. The molecule has 2 aromatic rings. The van der Waals surface area contributed by atoms with E-state index >= 15 is 0 Å². The van der Waals surface area contributed by atoms with Crippen molar-refractivity contribution in [2.24, 2.45) is 0 Å². The zero-order valence-electron chi connectivity index (χ0n) is 13.7. The number of H-pyrrole nitrogens is 1. The summed E-state index contributed by atoms with van der Waals surface area (Å²) in [5.74, 6) is -0.492. The van der Waals surface area contributed by atoms with Crippen molar-refractivity contribution in [1.82, 2.24) is 9.88 Å². The Balaban J connectivity index is 1.71. The summed E-state index contributed by atoms with van der Waals surface area (Å²) in [7, 11) is 0. The molecule has 2 fully saturated rings. The largest absolute Gasteiger partial charge is 0.354 e. The van der Waals surface area contributed by atoms with Crippen LogP contribution in [0.5, 0.6) is 0 Å². The minimum atomic E-state index is -0.727. The van der Waals surface area contributed by atoms with Gasteiger partial charge in [-0.2, -0.15) is 0 Å². The molecular weight excluding hydrogens is 304 g/mol. The first kappa shape index (κ1) is 14.5. The summed E-state index contributed by atoms with van der Waals surface area (Å²) < 4.78 is 12.3. The Bertz CT molecular complexity index is 791. The fraction of sp³-hybridized carbons (Fsp3) is 0.526. The number of benzene rings is 1. The van der Waals surface area contributed by atoms with Gasteiger partial charge in [0.25, 0.3) is 0 Å². The maximum Gasteiger partial charge on any atom is 0.227 e. The lowest BCUT2D eigenvalue weighted by molar-refractivity contribution is -0.188. The fourth-order valence-electron chi connectivity index (χ4n) is 4.63. The van der Waals surface area contributed by atoms with Crippen LogP contribution >= 0.6 is 0 Å². The number of carbonyl (C=O) groups excluding carboxylic acids is 1. The SMILES string of the molecule is O=C1Cc2c([nH]c3ccccc23)C2(CC3CCCCN13)OCCO2. The number of ether oxygens (including phenoxy) is 2. The Labute approximate surface area is 140 Å². The molecule has 1 spiro atoms. The van der Waals surface area contributed by atoms with E-state index in [1.165, 1.54) is 6.42 Å². The number of carbonyl (C=O) groups is 1. The lowest BCUT2D eigenvalue weighted by Gasteiger charge is -2.42. The monoisotopic (exact) mass is 326 g/mol. The Kier molecular flexibility index (Phi) is 3.22. The second kappa shape index (κ2) is 5.33. The highest BCUT2D eigenvalue weighted by molar-refractivity contribution is 5.91. The average molecular weight is 326 g/mol. The van der Waals surface area contributed by atoms with Gasteiger partial charge in [0.15, 0.2) is 0 Å². The number of amides is 1. The summed E-state index contributed by atoms with van der Waals surface area (Å²) in [6.07, 6.45) is 4.44. The molecular formula is C19H22N2O3. The lowest BCUT2D eigenvalue weighted by Crippen LogP contribution is -2.50. The molecule has 1 aromatic carbocycles. The van der Waals surface area contributed by atoms with Crippen molar-refractivity contribution >= 4 is 16.8 Å². The molecule has 1 atom stereocenters. The highest BCUT2D eigenvalue weighted by Crippen LogP contribution is 2.43. The molecule has 0 aliphatic carbocycles. The minimum absolute atomic E-state index is 0.212. The van der Waals surface area contributed by atoms with Crippen LogP contribution in [0.1, 0.15) is 36.9 Å². The molecule has 126 valence electrons. The van der Waals surface area contributed by atoms with Gasteiger partial charge >= 0.3 is 0 Å². The van der Waals surface area contributed by atoms with E-state index in [1.807, 2.05) is 12.1 Å². The third-order valence-electron chi connectivity index (χ3n) is 5.73. The maximum atomic E-state index is 12.9. The van der Waals surface area contributed by atoms with Crippen LogP contribution in [0.4, 0.5) is 0 Å². The number of para-hydroxylation sites is 1. The Morgan fingerprint density at radius 3 is 2.88 bits per heavy atom. The Morgan fingerprint density at radius 2 is 2.00 bits per heavy atom. The van der Waals surface area contributed by atoms with Crippen molar-refractivity contribution in [1.29, 1.82) is 0 Å². The molecule has 5 rings (SSSR count). The van der Waals surface area contributed by atoms with Gasteiger partial charge in [-0.15, -0.1) is 0 Å². The number of rotatable bonds is 0. The Morgan fingerprint density at radius 1 is 1.17 bits per heavy atom. The summed E-state index contributed by atoms with van der Waals surface area (Å²) in [5, 5.41) is 1.11. The predicted octanol–water partition coefficient (Wildman–Crippen LogP) is 2.69. The van der Waals surface area contributed by atoms with Gasteiger partial charge in [-0.25, -0.2) is 0 Å². The molecule has 3 aliphatic heterocycles. The van der Waals surface area contributed by atoms with Gasteiger partial charge < -0.3 is 19.4 Å².